The molecule has 2 rings (SSSR count). The average molecular weight is 261 g/mol. The van der Waals surface area contributed by atoms with Gasteiger partial charge in [-0.3, -0.25) is 4.79 Å². The molecule has 0 saturated heterocycles. The molecule has 0 fully saturated rings. The lowest BCUT2D eigenvalue weighted by atomic mass is 9.90. The summed E-state index contributed by atoms with van der Waals surface area (Å²) in [6.07, 6.45) is 0.125. The molecule has 0 saturated carbocycles. The Hall–Kier alpha value is -2.17. The van der Waals surface area contributed by atoms with Gasteiger partial charge in [-0.05, 0) is 13.8 Å². The molecular formula is C14H15NO4. The summed E-state index contributed by atoms with van der Waals surface area (Å²) in [6.45, 7) is 3.60. The molecule has 0 amide bonds. The second-order valence-electron chi connectivity index (χ2n) is 4.45. The van der Waals surface area contributed by atoms with Crippen LogP contribution in [0.1, 0.15) is 30.6 Å². The maximum absolute atomic E-state index is 12.3. The van der Waals surface area contributed by atoms with E-state index in [1.54, 1.807) is 38.1 Å². The largest absolute Gasteiger partial charge is 0.461 e. The lowest BCUT2D eigenvalue weighted by Gasteiger charge is -2.19. The van der Waals surface area contributed by atoms with Crippen molar-refractivity contribution in [2.45, 2.75) is 25.9 Å². The number of esters is 1. The monoisotopic (exact) mass is 261 g/mol. The van der Waals surface area contributed by atoms with Crippen LogP contribution in [0.25, 0.3) is 0 Å². The number of Topliss-reactive ketones (excluding diaryl/α,β-unsaturated/α-hetero) is 1. The molecular weight excluding hydrogens is 246 g/mol. The van der Waals surface area contributed by atoms with Crippen LogP contribution in [0.5, 0.6) is 0 Å². The molecule has 5 heteroatoms. The third-order valence-electron chi connectivity index (χ3n) is 2.89. The zero-order valence-electron chi connectivity index (χ0n) is 10.9. The van der Waals surface area contributed by atoms with Crippen molar-refractivity contribution >= 4 is 17.5 Å². The highest BCUT2D eigenvalue weighted by Gasteiger charge is 2.44. The van der Waals surface area contributed by atoms with Crippen LogP contribution >= 0.6 is 0 Å². The summed E-state index contributed by atoms with van der Waals surface area (Å²) in [4.78, 5) is 29.1. The molecule has 0 aliphatic carbocycles. The van der Waals surface area contributed by atoms with Gasteiger partial charge in [-0.15, -0.1) is 0 Å². The van der Waals surface area contributed by atoms with Crippen LogP contribution in [0.3, 0.4) is 0 Å². The van der Waals surface area contributed by atoms with Gasteiger partial charge in [0.25, 0.3) is 0 Å². The highest BCUT2D eigenvalue weighted by Crippen LogP contribution is 2.28. The lowest BCUT2D eigenvalue weighted by molar-refractivity contribution is -0.135. The average Bonchev–Trinajstić information content (AvgIpc) is 2.83. The Labute approximate surface area is 111 Å². The van der Waals surface area contributed by atoms with E-state index in [0.29, 0.717) is 5.56 Å². The van der Waals surface area contributed by atoms with Gasteiger partial charge in [-0.25, -0.2) is 4.79 Å². The molecule has 1 aromatic rings. The first-order valence-corrected chi connectivity index (χ1v) is 6.09. The molecule has 5 nitrogen and oxygen atoms in total. The first kappa shape index (κ1) is 13.3. The Morgan fingerprint density at radius 1 is 1.37 bits per heavy atom. The van der Waals surface area contributed by atoms with Crippen molar-refractivity contribution in [2.75, 3.05) is 6.61 Å². The summed E-state index contributed by atoms with van der Waals surface area (Å²) >= 11 is 0. The summed E-state index contributed by atoms with van der Waals surface area (Å²) in [5, 5.41) is 3.68. The second kappa shape index (κ2) is 5.22. The Morgan fingerprint density at radius 3 is 2.68 bits per heavy atom. The van der Waals surface area contributed by atoms with Crippen molar-refractivity contribution in [1.82, 2.24) is 0 Å². The third-order valence-corrected chi connectivity index (χ3v) is 2.89. The molecule has 0 bridgehead atoms. The Kier molecular flexibility index (Phi) is 3.64. The molecule has 1 aliphatic heterocycles. The number of ketones is 1. The van der Waals surface area contributed by atoms with Gasteiger partial charge >= 0.3 is 5.97 Å². The van der Waals surface area contributed by atoms with E-state index in [2.05, 4.69) is 5.16 Å². The lowest BCUT2D eigenvalue weighted by Crippen LogP contribution is -2.36. The molecule has 100 valence electrons. The van der Waals surface area contributed by atoms with Crippen molar-refractivity contribution in [1.29, 1.82) is 0 Å². The van der Waals surface area contributed by atoms with Gasteiger partial charge in [-0.2, -0.15) is 0 Å². The maximum Gasteiger partial charge on any atom is 0.356 e. The molecule has 1 atom stereocenters. The number of rotatable bonds is 4. The predicted molar refractivity (Wildman–Crippen MR) is 68.9 cm³/mol. The quantitative estimate of drug-likeness (QED) is 0.614. The van der Waals surface area contributed by atoms with Gasteiger partial charge in [0.15, 0.2) is 5.71 Å². The van der Waals surface area contributed by atoms with Crippen LogP contribution in [0, 0.1) is 0 Å². The van der Waals surface area contributed by atoms with Crippen LogP contribution in [0.2, 0.25) is 0 Å². The molecule has 0 spiro atoms. The number of benzene rings is 1. The van der Waals surface area contributed by atoms with Crippen LogP contribution in [0.4, 0.5) is 0 Å². The van der Waals surface area contributed by atoms with Gasteiger partial charge in [0, 0.05) is 5.56 Å². The van der Waals surface area contributed by atoms with E-state index < -0.39 is 11.6 Å². The summed E-state index contributed by atoms with van der Waals surface area (Å²) in [5.41, 5.74) is -0.456. The van der Waals surface area contributed by atoms with Crippen molar-refractivity contribution in [2.24, 2.45) is 5.16 Å². The fourth-order valence-electron chi connectivity index (χ4n) is 1.88. The standard InChI is InChI=1S/C14H15NO4/c1-3-18-13(17)11-9-14(2,19-15-11)12(16)10-7-5-4-6-8-10/h4-8H,3,9H2,1-2H3/t14-/m1/s1. The van der Waals surface area contributed by atoms with E-state index in [4.69, 9.17) is 9.57 Å². The number of carbonyl (C=O) groups is 2. The molecule has 1 aromatic carbocycles. The predicted octanol–water partition coefficient (Wildman–Crippen LogP) is 1.97. The van der Waals surface area contributed by atoms with Crippen LogP contribution in [0.15, 0.2) is 35.5 Å². The topological polar surface area (TPSA) is 65.0 Å². The number of nitrogens with zero attached hydrogens (tertiary/aromatic N) is 1. The van der Waals surface area contributed by atoms with E-state index >= 15 is 0 Å². The molecule has 1 heterocycles. The van der Waals surface area contributed by atoms with Gasteiger partial charge in [0.1, 0.15) is 0 Å². The Bertz CT molecular complexity index is 524. The normalized spacial score (nSPS) is 21.5. The number of oxime groups is 1. The zero-order chi connectivity index (χ0) is 13.9. The molecule has 19 heavy (non-hydrogen) atoms. The summed E-state index contributed by atoms with van der Waals surface area (Å²) in [6, 6.07) is 8.80. The summed E-state index contributed by atoms with van der Waals surface area (Å²) < 4.78 is 4.84. The van der Waals surface area contributed by atoms with Crippen LogP contribution in [-0.4, -0.2) is 29.7 Å². The molecule has 1 aliphatic rings. The smallest absolute Gasteiger partial charge is 0.356 e. The van der Waals surface area contributed by atoms with Crippen molar-refractivity contribution in [3.8, 4) is 0 Å². The first-order valence-electron chi connectivity index (χ1n) is 6.09. The number of ether oxygens (including phenoxy) is 1. The van der Waals surface area contributed by atoms with Gasteiger partial charge in [0.05, 0.1) is 13.0 Å². The minimum atomic E-state index is -1.14. The number of carbonyl (C=O) groups excluding carboxylic acids is 2. The van der Waals surface area contributed by atoms with Crippen LogP contribution < -0.4 is 0 Å². The van der Waals surface area contributed by atoms with E-state index in [1.807, 2.05) is 6.07 Å². The van der Waals surface area contributed by atoms with E-state index in [0.717, 1.165) is 0 Å². The van der Waals surface area contributed by atoms with Crippen molar-refractivity contribution < 1.29 is 19.2 Å². The molecule has 0 unspecified atom stereocenters. The highest BCUT2D eigenvalue weighted by atomic mass is 16.7. The third kappa shape index (κ3) is 2.65. The minimum Gasteiger partial charge on any atom is -0.461 e. The summed E-state index contributed by atoms with van der Waals surface area (Å²) in [5.74, 6) is -0.733. The Morgan fingerprint density at radius 2 is 2.05 bits per heavy atom. The SMILES string of the molecule is CCOC(=O)C1=NO[C@@](C)(C(=O)c2ccccc2)C1. The highest BCUT2D eigenvalue weighted by molar-refractivity contribution is 6.37. The van der Waals surface area contributed by atoms with Crippen molar-refractivity contribution in [3.63, 3.8) is 0 Å². The van der Waals surface area contributed by atoms with E-state index in [9.17, 15) is 9.59 Å². The maximum atomic E-state index is 12.3. The van der Waals surface area contributed by atoms with Gasteiger partial charge < -0.3 is 9.57 Å². The fraction of sp³-hybridized carbons (Fsp3) is 0.357. The second-order valence-corrected chi connectivity index (χ2v) is 4.45. The van der Waals surface area contributed by atoms with Crippen molar-refractivity contribution in [3.05, 3.63) is 35.9 Å². The van der Waals surface area contributed by atoms with E-state index in [-0.39, 0.29) is 24.5 Å². The van der Waals surface area contributed by atoms with Gasteiger partial charge in [0.2, 0.25) is 11.4 Å². The molecule has 0 radical (unpaired) electrons. The number of hydrogen-bond donors (Lipinski definition) is 0. The van der Waals surface area contributed by atoms with E-state index in [1.165, 1.54) is 0 Å². The first-order chi connectivity index (χ1) is 9.07. The van der Waals surface area contributed by atoms with Gasteiger partial charge in [-0.1, -0.05) is 35.5 Å². The minimum absolute atomic E-state index is 0.125. The Balaban J connectivity index is 2.11. The fourth-order valence-corrected chi connectivity index (χ4v) is 1.88. The number of hydrogen-bond acceptors (Lipinski definition) is 5. The zero-order valence-corrected chi connectivity index (χ0v) is 10.9. The molecule has 0 aromatic heterocycles. The summed E-state index contributed by atoms with van der Waals surface area (Å²) in [7, 11) is 0. The molecule has 0 N–H and O–H groups in total. The van der Waals surface area contributed by atoms with Crippen LogP contribution in [-0.2, 0) is 14.4 Å².